The van der Waals surface area contributed by atoms with Crippen molar-refractivity contribution in [2.24, 2.45) is 11.1 Å². The fraction of sp³-hybridized carbons (Fsp3) is 1.00. The molecule has 62 valence electrons. The summed E-state index contributed by atoms with van der Waals surface area (Å²) < 4.78 is 5.30. The van der Waals surface area contributed by atoms with E-state index >= 15 is 0 Å². The lowest BCUT2D eigenvalue weighted by Gasteiger charge is -2.31. The summed E-state index contributed by atoms with van der Waals surface area (Å²) in [6, 6.07) is 0. The van der Waals surface area contributed by atoms with Crippen LogP contribution < -0.4 is 5.73 Å². The molecule has 0 aromatic carbocycles. The van der Waals surface area contributed by atoms with Gasteiger partial charge in [0.2, 0.25) is 0 Å². The molecule has 1 aliphatic heterocycles. The Labute approximate surface area is 68.5 Å². The molecule has 2 N–H and O–H groups in total. The van der Waals surface area contributed by atoms with Crippen molar-refractivity contribution in [2.45, 2.75) is 19.8 Å². The Balaban J connectivity index is 0.000000810. The van der Waals surface area contributed by atoms with E-state index in [0.717, 1.165) is 19.8 Å². The Morgan fingerprint density at radius 3 is 2.60 bits per heavy atom. The standard InChI is InChI=1S/C7H15NO.ClH/c1-7(5-8)3-2-4-9-6-7;/h2-6,8H2,1H3;1H/t7-;/m0./s1. The minimum Gasteiger partial charge on any atom is -0.381 e. The fourth-order valence-electron chi connectivity index (χ4n) is 1.15. The van der Waals surface area contributed by atoms with Crippen LogP contribution in [-0.4, -0.2) is 19.8 Å². The molecule has 0 aromatic heterocycles. The molecule has 1 fully saturated rings. The molecule has 0 bridgehead atoms. The highest BCUT2D eigenvalue weighted by Crippen LogP contribution is 2.25. The number of nitrogens with two attached hydrogens (primary N) is 1. The molecule has 3 heteroatoms. The molecule has 1 heterocycles. The molecule has 10 heavy (non-hydrogen) atoms. The molecule has 0 aliphatic carbocycles. The predicted molar refractivity (Wildman–Crippen MR) is 44.5 cm³/mol. The van der Waals surface area contributed by atoms with Gasteiger partial charge in [0, 0.05) is 12.0 Å². The highest BCUT2D eigenvalue weighted by atomic mass is 35.5. The molecule has 0 saturated carbocycles. The molecule has 1 rings (SSSR count). The van der Waals surface area contributed by atoms with Crippen molar-refractivity contribution in [2.75, 3.05) is 19.8 Å². The maximum absolute atomic E-state index is 5.56. The van der Waals surface area contributed by atoms with Gasteiger partial charge in [0.25, 0.3) is 0 Å². The molecular weight excluding hydrogens is 150 g/mol. The number of rotatable bonds is 1. The number of halogens is 1. The first-order valence-corrected chi connectivity index (χ1v) is 3.55. The van der Waals surface area contributed by atoms with Crippen LogP contribution >= 0.6 is 12.4 Å². The Bertz CT molecular complexity index is 91.6. The van der Waals surface area contributed by atoms with E-state index in [4.69, 9.17) is 10.5 Å². The summed E-state index contributed by atoms with van der Waals surface area (Å²) in [7, 11) is 0. The van der Waals surface area contributed by atoms with Crippen molar-refractivity contribution in [3.63, 3.8) is 0 Å². The lowest BCUT2D eigenvalue weighted by atomic mass is 9.85. The molecular formula is C7H16ClNO. The summed E-state index contributed by atoms with van der Waals surface area (Å²) in [5.41, 5.74) is 5.83. The molecule has 1 saturated heterocycles. The Hall–Kier alpha value is 0.210. The minimum absolute atomic E-state index is 0. The van der Waals surface area contributed by atoms with Crippen molar-refractivity contribution in [3.8, 4) is 0 Å². The van der Waals surface area contributed by atoms with E-state index in [1.807, 2.05) is 0 Å². The Morgan fingerprint density at radius 1 is 1.60 bits per heavy atom. The SMILES string of the molecule is C[C@@]1(CN)CCCOC1.Cl. The summed E-state index contributed by atoms with van der Waals surface area (Å²) in [6.07, 6.45) is 2.40. The van der Waals surface area contributed by atoms with Gasteiger partial charge in [-0.3, -0.25) is 0 Å². The molecule has 0 radical (unpaired) electrons. The molecule has 0 unspecified atom stereocenters. The fourth-order valence-corrected chi connectivity index (χ4v) is 1.15. The maximum atomic E-state index is 5.56. The number of hydrogen-bond acceptors (Lipinski definition) is 2. The van der Waals surface area contributed by atoms with Crippen LogP contribution in [0.2, 0.25) is 0 Å². The molecule has 0 spiro atoms. The smallest absolute Gasteiger partial charge is 0.0531 e. The van der Waals surface area contributed by atoms with Crippen LogP contribution in [0, 0.1) is 5.41 Å². The normalized spacial score (nSPS) is 33.0. The first-order valence-electron chi connectivity index (χ1n) is 3.55. The van der Waals surface area contributed by atoms with E-state index in [0.29, 0.717) is 0 Å². The van der Waals surface area contributed by atoms with Gasteiger partial charge < -0.3 is 10.5 Å². The van der Waals surface area contributed by atoms with Crippen molar-refractivity contribution in [1.29, 1.82) is 0 Å². The van der Waals surface area contributed by atoms with Crippen LogP contribution in [0.5, 0.6) is 0 Å². The van der Waals surface area contributed by atoms with Gasteiger partial charge in [-0.2, -0.15) is 0 Å². The van der Waals surface area contributed by atoms with Gasteiger partial charge in [-0.25, -0.2) is 0 Å². The first-order chi connectivity index (χ1) is 4.27. The van der Waals surface area contributed by atoms with Gasteiger partial charge in [0.15, 0.2) is 0 Å². The largest absolute Gasteiger partial charge is 0.381 e. The lowest BCUT2D eigenvalue weighted by molar-refractivity contribution is 0.00750. The first kappa shape index (κ1) is 10.2. The van der Waals surface area contributed by atoms with Gasteiger partial charge in [-0.05, 0) is 19.4 Å². The van der Waals surface area contributed by atoms with E-state index in [9.17, 15) is 0 Å². The second kappa shape index (κ2) is 4.16. The topological polar surface area (TPSA) is 35.2 Å². The second-order valence-corrected chi connectivity index (χ2v) is 3.17. The second-order valence-electron chi connectivity index (χ2n) is 3.17. The van der Waals surface area contributed by atoms with Crippen LogP contribution in [-0.2, 0) is 4.74 Å². The third kappa shape index (κ3) is 2.45. The molecule has 2 nitrogen and oxygen atoms in total. The third-order valence-corrected chi connectivity index (χ3v) is 2.01. The average molecular weight is 166 g/mol. The van der Waals surface area contributed by atoms with Crippen molar-refractivity contribution in [3.05, 3.63) is 0 Å². The number of hydrogen-bond donors (Lipinski definition) is 1. The van der Waals surface area contributed by atoms with Gasteiger partial charge in [0.05, 0.1) is 6.61 Å². The third-order valence-electron chi connectivity index (χ3n) is 2.01. The molecule has 1 aliphatic rings. The predicted octanol–water partition coefficient (Wildman–Crippen LogP) is 1.18. The molecule has 0 amide bonds. The monoisotopic (exact) mass is 165 g/mol. The summed E-state index contributed by atoms with van der Waals surface area (Å²) in [6.45, 7) is 4.72. The van der Waals surface area contributed by atoms with E-state index in [-0.39, 0.29) is 17.8 Å². The van der Waals surface area contributed by atoms with E-state index in [2.05, 4.69) is 6.92 Å². The Kier molecular flexibility index (Phi) is 4.25. The van der Waals surface area contributed by atoms with Crippen LogP contribution in [0.25, 0.3) is 0 Å². The summed E-state index contributed by atoms with van der Waals surface area (Å²) in [5, 5.41) is 0. The minimum atomic E-state index is 0. The van der Waals surface area contributed by atoms with E-state index in [1.54, 1.807) is 0 Å². The maximum Gasteiger partial charge on any atom is 0.0531 e. The van der Waals surface area contributed by atoms with Gasteiger partial charge >= 0.3 is 0 Å². The van der Waals surface area contributed by atoms with E-state index in [1.165, 1.54) is 12.8 Å². The highest BCUT2D eigenvalue weighted by molar-refractivity contribution is 5.85. The summed E-state index contributed by atoms with van der Waals surface area (Å²) in [5.74, 6) is 0. The number of ether oxygens (including phenoxy) is 1. The van der Waals surface area contributed by atoms with Crippen molar-refractivity contribution < 1.29 is 4.74 Å². The summed E-state index contributed by atoms with van der Waals surface area (Å²) in [4.78, 5) is 0. The van der Waals surface area contributed by atoms with Gasteiger partial charge in [0.1, 0.15) is 0 Å². The molecule has 1 atom stereocenters. The zero-order chi connectivity index (χ0) is 6.74. The van der Waals surface area contributed by atoms with Crippen molar-refractivity contribution in [1.82, 2.24) is 0 Å². The van der Waals surface area contributed by atoms with Crippen molar-refractivity contribution >= 4 is 12.4 Å². The zero-order valence-electron chi connectivity index (χ0n) is 6.43. The van der Waals surface area contributed by atoms with Gasteiger partial charge in [-0.1, -0.05) is 6.92 Å². The van der Waals surface area contributed by atoms with Crippen LogP contribution in [0.3, 0.4) is 0 Å². The average Bonchev–Trinajstić information content (AvgIpc) is 1.90. The van der Waals surface area contributed by atoms with Crippen LogP contribution in [0.4, 0.5) is 0 Å². The summed E-state index contributed by atoms with van der Waals surface area (Å²) >= 11 is 0. The zero-order valence-corrected chi connectivity index (χ0v) is 7.25. The quantitative estimate of drug-likeness (QED) is 0.634. The molecule has 0 aromatic rings. The van der Waals surface area contributed by atoms with E-state index < -0.39 is 0 Å². The lowest BCUT2D eigenvalue weighted by Crippen LogP contribution is -2.35. The van der Waals surface area contributed by atoms with Crippen LogP contribution in [0.15, 0.2) is 0 Å². The van der Waals surface area contributed by atoms with Crippen LogP contribution in [0.1, 0.15) is 19.8 Å². The Morgan fingerprint density at radius 2 is 2.30 bits per heavy atom. The highest BCUT2D eigenvalue weighted by Gasteiger charge is 2.25. The van der Waals surface area contributed by atoms with Gasteiger partial charge in [-0.15, -0.1) is 12.4 Å².